The average molecular weight is 379 g/mol. The largest absolute Gasteiger partial charge is 0.360 e. The lowest BCUT2D eigenvalue weighted by atomic mass is 10.1. The lowest BCUT2D eigenvalue weighted by Crippen LogP contribution is -3.14. The molecule has 0 spiro atoms. The van der Waals surface area contributed by atoms with Crippen molar-refractivity contribution < 1.29 is 9.69 Å². The fraction of sp³-hybridized carbons (Fsp3) is 0.273. The van der Waals surface area contributed by atoms with Crippen molar-refractivity contribution in [3.63, 3.8) is 0 Å². The standard InChI is InChI=1S/C22H23N3OS/c1-17(26)18-6-9-20(10-7-18)24-14-12-23(13-15-24)16-25-21-5-3-2-4-19(21)8-11-22(25)27/h2-11H,12-16H2,1H3/p+1. The molecule has 1 fully saturated rings. The van der Waals surface area contributed by atoms with Crippen molar-refractivity contribution in [2.45, 2.75) is 13.6 Å². The van der Waals surface area contributed by atoms with Crippen LogP contribution in [-0.4, -0.2) is 36.5 Å². The fourth-order valence-electron chi connectivity index (χ4n) is 3.78. The molecule has 2 heterocycles. The number of para-hydroxylation sites is 1. The Morgan fingerprint density at radius 2 is 1.70 bits per heavy atom. The van der Waals surface area contributed by atoms with E-state index in [0.717, 1.165) is 43.1 Å². The van der Waals surface area contributed by atoms with Crippen LogP contribution in [-0.2, 0) is 6.67 Å². The zero-order chi connectivity index (χ0) is 18.8. The number of piperazine rings is 1. The molecular formula is C22H24N3OS+. The number of nitrogens with zero attached hydrogens (tertiary/aromatic N) is 2. The Morgan fingerprint density at radius 1 is 1.00 bits per heavy atom. The van der Waals surface area contributed by atoms with Crippen LogP contribution in [0.5, 0.6) is 0 Å². The number of fused-ring (bicyclic) bond motifs is 1. The first-order valence-electron chi connectivity index (χ1n) is 9.40. The maximum absolute atomic E-state index is 11.4. The van der Waals surface area contributed by atoms with Crippen LogP contribution in [0, 0.1) is 4.64 Å². The number of nitrogens with one attached hydrogen (secondary N) is 1. The molecule has 0 bridgehead atoms. The van der Waals surface area contributed by atoms with Gasteiger partial charge in [-0.05, 0) is 54.8 Å². The molecule has 138 valence electrons. The molecule has 1 aromatic heterocycles. The van der Waals surface area contributed by atoms with E-state index in [9.17, 15) is 4.79 Å². The third-order valence-corrected chi connectivity index (χ3v) is 5.75. The van der Waals surface area contributed by atoms with E-state index in [1.54, 1.807) is 11.8 Å². The molecular weight excluding hydrogens is 354 g/mol. The van der Waals surface area contributed by atoms with Crippen molar-refractivity contribution in [2.75, 3.05) is 31.1 Å². The van der Waals surface area contributed by atoms with Gasteiger partial charge in [0.05, 0.1) is 31.7 Å². The summed E-state index contributed by atoms with van der Waals surface area (Å²) in [5.41, 5.74) is 3.17. The summed E-state index contributed by atoms with van der Waals surface area (Å²) < 4.78 is 3.15. The van der Waals surface area contributed by atoms with Gasteiger partial charge < -0.3 is 9.80 Å². The molecule has 1 N–H and O–H groups in total. The van der Waals surface area contributed by atoms with E-state index < -0.39 is 0 Å². The second-order valence-electron chi connectivity index (χ2n) is 7.16. The molecule has 0 aliphatic carbocycles. The third-order valence-electron chi connectivity index (χ3n) is 5.39. The second-order valence-corrected chi connectivity index (χ2v) is 7.57. The highest BCUT2D eigenvalue weighted by molar-refractivity contribution is 7.71. The first-order chi connectivity index (χ1) is 13.1. The van der Waals surface area contributed by atoms with Crippen LogP contribution in [0.15, 0.2) is 60.7 Å². The molecule has 0 radical (unpaired) electrons. The molecule has 5 heteroatoms. The van der Waals surface area contributed by atoms with E-state index in [0.29, 0.717) is 0 Å². The number of hydrogen-bond donors (Lipinski definition) is 1. The summed E-state index contributed by atoms with van der Waals surface area (Å²) in [5.74, 6) is 0.114. The monoisotopic (exact) mass is 378 g/mol. The quantitative estimate of drug-likeness (QED) is 0.559. The van der Waals surface area contributed by atoms with Gasteiger partial charge >= 0.3 is 0 Å². The lowest BCUT2D eigenvalue weighted by molar-refractivity contribution is -0.923. The minimum Gasteiger partial charge on any atom is -0.360 e. The number of benzene rings is 2. The SMILES string of the molecule is CC(=O)c1ccc(N2CC[NH+](Cn3c(=S)ccc4ccccc43)CC2)cc1. The zero-order valence-corrected chi connectivity index (χ0v) is 16.3. The van der Waals surface area contributed by atoms with Gasteiger partial charge in [-0.1, -0.05) is 30.4 Å². The molecule has 0 saturated carbocycles. The van der Waals surface area contributed by atoms with E-state index in [4.69, 9.17) is 12.2 Å². The van der Waals surface area contributed by atoms with Gasteiger partial charge in [-0.25, -0.2) is 0 Å². The Bertz CT molecular complexity index is 1020. The fourth-order valence-corrected chi connectivity index (χ4v) is 4.01. The van der Waals surface area contributed by atoms with Gasteiger partial charge in [-0.15, -0.1) is 0 Å². The second kappa shape index (κ2) is 7.62. The molecule has 2 aromatic carbocycles. The summed E-state index contributed by atoms with van der Waals surface area (Å²) in [4.78, 5) is 15.4. The van der Waals surface area contributed by atoms with E-state index in [-0.39, 0.29) is 5.78 Å². The Kier molecular flexibility index (Phi) is 5.05. The molecule has 1 aliphatic rings. The van der Waals surface area contributed by atoms with Crippen molar-refractivity contribution in [1.82, 2.24) is 4.57 Å². The van der Waals surface area contributed by atoms with Crippen molar-refractivity contribution in [3.05, 3.63) is 70.9 Å². The van der Waals surface area contributed by atoms with Crippen LogP contribution in [0.25, 0.3) is 10.9 Å². The van der Waals surface area contributed by atoms with Crippen molar-refractivity contribution >= 4 is 34.6 Å². The van der Waals surface area contributed by atoms with Gasteiger partial charge in [0.2, 0.25) is 0 Å². The highest BCUT2D eigenvalue weighted by Gasteiger charge is 2.21. The number of hydrogen-bond acceptors (Lipinski definition) is 3. The lowest BCUT2D eigenvalue weighted by Gasteiger charge is -2.34. The molecule has 0 unspecified atom stereocenters. The van der Waals surface area contributed by atoms with Crippen LogP contribution >= 0.6 is 12.2 Å². The van der Waals surface area contributed by atoms with Crippen molar-refractivity contribution in [3.8, 4) is 0 Å². The van der Waals surface area contributed by atoms with E-state index in [1.165, 1.54) is 16.6 Å². The molecule has 4 nitrogen and oxygen atoms in total. The number of carbonyl (C=O) groups is 1. The maximum Gasteiger partial charge on any atom is 0.159 e. The third kappa shape index (κ3) is 3.80. The number of Topliss-reactive ketones (excluding diaryl/α,β-unsaturated/α-hetero) is 1. The number of carbonyl (C=O) groups excluding carboxylic acids is 1. The summed E-state index contributed by atoms with van der Waals surface area (Å²) in [6, 6.07) is 20.5. The minimum atomic E-state index is 0.114. The number of ketones is 1. The Balaban J connectivity index is 1.45. The summed E-state index contributed by atoms with van der Waals surface area (Å²) in [6.07, 6.45) is 0. The molecule has 0 amide bonds. The van der Waals surface area contributed by atoms with E-state index >= 15 is 0 Å². The van der Waals surface area contributed by atoms with Gasteiger partial charge in [0.25, 0.3) is 0 Å². The Hall–Kier alpha value is -2.50. The van der Waals surface area contributed by atoms with Gasteiger partial charge in [-0.2, -0.15) is 0 Å². The molecule has 3 aromatic rings. The average Bonchev–Trinajstić information content (AvgIpc) is 2.71. The number of rotatable bonds is 4. The topological polar surface area (TPSA) is 29.7 Å². The predicted octanol–water partition coefficient (Wildman–Crippen LogP) is 2.94. The first kappa shape index (κ1) is 17.9. The van der Waals surface area contributed by atoms with Crippen LogP contribution in [0.4, 0.5) is 5.69 Å². The van der Waals surface area contributed by atoms with E-state index in [2.05, 4.69) is 51.9 Å². The van der Waals surface area contributed by atoms with Crippen LogP contribution in [0.1, 0.15) is 17.3 Å². The maximum atomic E-state index is 11.4. The zero-order valence-electron chi connectivity index (χ0n) is 15.5. The summed E-state index contributed by atoms with van der Waals surface area (Å²) in [5, 5.41) is 1.23. The predicted molar refractivity (Wildman–Crippen MR) is 112 cm³/mol. The highest BCUT2D eigenvalue weighted by Crippen LogP contribution is 2.16. The molecule has 1 saturated heterocycles. The number of quaternary nitrogens is 1. The van der Waals surface area contributed by atoms with Gasteiger partial charge in [-0.3, -0.25) is 9.36 Å². The summed E-state index contributed by atoms with van der Waals surface area (Å²) in [7, 11) is 0. The van der Waals surface area contributed by atoms with Gasteiger partial charge in [0, 0.05) is 11.3 Å². The Morgan fingerprint density at radius 3 is 2.41 bits per heavy atom. The number of pyridine rings is 1. The molecule has 0 atom stereocenters. The normalized spacial score (nSPS) is 15.2. The highest BCUT2D eigenvalue weighted by atomic mass is 32.1. The molecule has 4 rings (SSSR count). The van der Waals surface area contributed by atoms with Gasteiger partial charge in [0.15, 0.2) is 12.5 Å². The van der Waals surface area contributed by atoms with Crippen molar-refractivity contribution in [2.24, 2.45) is 0 Å². The molecule has 1 aliphatic heterocycles. The van der Waals surface area contributed by atoms with Crippen molar-refractivity contribution in [1.29, 1.82) is 0 Å². The van der Waals surface area contributed by atoms with Crippen LogP contribution < -0.4 is 9.80 Å². The molecule has 27 heavy (non-hydrogen) atoms. The number of anilines is 1. The Labute approximate surface area is 164 Å². The van der Waals surface area contributed by atoms with E-state index in [1.807, 2.05) is 18.2 Å². The smallest absolute Gasteiger partial charge is 0.159 e. The first-order valence-corrected chi connectivity index (χ1v) is 9.81. The number of aromatic nitrogens is 1. The summed E-state index contributed by atoms with van der Waals surface area (Å²) in [6.45, 7) is 6.66. The van der Waals surface area contributed by atoms with Gasteiger partial charge in [0.1, 0.15) is 4.64 Å². The van der Waals surface area contributed by atoms with Crippen LogP contribution in [0.2, 0.25) is 0 Å². The summed E-state index contributed by atoms with van der Waals surface area (Å²) >= 11 is 5.59. The van der Waals surface area contributed by atoms with Crippen LogP contribution in [0.3, 0.4) is 0 Å². The minimum absolute atomic E-state index is 0.114.